The highest BCUT2D eigenvalue weighted by Crippen LogP contribution is 2.24. The molecule has 0 bridgehead atoms. The van der Waals surface area contributed by atoms with Crippen molar-refractivity contribution in [2.45, 2.75) is 31.2 Å². The molecule has 2 rings (SSSR count). The molecule has 21 heavy (non-hydrogen) atoms. The lowest BCUT2D eigenvalue weighted by molar-refractivity contribution is -0.0523. The van der Waals surface area contributed by atoms with Gasteiger partial charge in [0.2, 0.25) is 10.0 Å². The highest BCUT2D eigenvalue weighted by molar-refractivity contribution is 7.89. The lowest BCUT2D eigenvalue weighted by Crippen LogP contribution is -2.59. The Balaban J connectivity index is 2.35. The maximum absolute atomic E-state index is 12.5. The predicted molar refractivity (Wildman–Crippen MR) is 75.7 cm³/mol. The number of carbonyl (C=O) groups excluding carboxylic acids is 1. The van der Waals surface area contributed by atoms with Crippen LogP contribution in [-0.4, -0.2) is 44.3 Å². The van der Waals surface area contributed by atoms with Crippen LogP contribution in [0.15, 0.2) is 11.0 Å². The van der Waals surface area contributed by atoms with E-state index in [1.807, 2.05) is 0 Å². The van der Waals surface area contributed by atoms with Crippen molar-refractivity contribution in [3.05, 3.63) is 17.5 Å². The summed E-state index contributed by atoms with van der Waals surface area (Å²) in [7, 11) is -2.08. The number of carbonyl (C=O) groups is 1. The number of aromatic nitrogens is 1. The molecular formula is C13H20N2O5S. The van der Waals surface area contributed by atoms with Crippen LogP contribution in [0.5, 0.6) is 0 Å². The average molecular weight is 316 g/mol. The second-order valence-corrected chi connectivity index (χ2v) is 7.07. The van der Waals surface area contributed by atoms with Gasteiger partial charge in [0.25, 0.3) is 0 Å². The monoisotopic (exact) mass is 316 g/mol. The maximum Gasteiger partial charge on any atom is 0.354 e. The summed E-state index contributed by atoms with van der Waals surface area (Å²) in [6.07, 6.45) is 0. The summed E-state index contributed by atoms with van der Waals surface area (Å²) in [5.41, 5.74) is 0.102. The molecule has 118 valence electrons. The van der Waals surface area contributed by atoms with Crippen LogP contribution in [0.4, 0.5) is 0 Å². The first-order valence-corrected chi connectivity index (χ1v) is 8.14. The molecule has 1 N–H and O–H groups in total. The largest absolute Gasteiger partial charge is 0.461 e. The standard InChI is InChI=1S/C13H20N2O5S/c1-5-20-12(16)10-6-11(9(2)15(10)4)21(17,18)14-13(3)7-19-8-13/h6,14H,5,7-8H2,1-4H3. The Morgan fingerprint density at radius 3 is 2.62 bits per heavy atom. The fourth-order valence-electron chi connectivity index (χ4n) is 2.19. The van der Waals surface area contributed by atoms with Gasteiger partial charge in [-0.2, -0.15) is 0 Å². The second kappa shape index (κ2) is 5.43. The quantitative estimate of drug-likeness (QED) is 0.803. The molecule has 0 aromatic carbocycles. The molecule has 1 fully saturated rings. The summed E-state index contributed by atoms with van der Waals surface area (Å²) in [5, 5.41) is 0. The van der Waals surface area contributed by atoms with Crippen molar-refractivity contribution >= 4 is 16.0 Å². The first-order valence-electron chi connectivity index (χ1n) is 6.65. The molecule has 1 aromatic rings. The molecule has 0 amide bonds. The third kappa shape index (κ3) is 2.97. The number of sulfonamides is 1. The highest BCUT2D eigenvalue weighted by Gasteiger charge is 2.39. The van der Waals surface area contributed by atoms with Gasteiger partial charge in [0, 0.05) is 12.7 Å². The zero-order valence-electron chi connectivity index (χ0n) is 12.6. The van der Waals surface area contributed by atoms with Gasteiger partial charge in [-0.25, -0.2) is 17.9 Å². The normalized spacial score (nSPS) is 17.3. The summed E-state index contributed by atoms with van der Waals surface area (Å²) in [6, 6.07) is 1.35. The molecule has 0 atom stereocenters. The Bertz CT molecular complexity index is 658. The van der Waals surface area contributed by atoms with Crippen LogP contribution in [0.25, 0.3) is 0 Å². The van der Waals surface area contributed by atoms with Crippen LogP contribution in [0.1, 0.15) is 30.0 Å². The molecule has 1 aliphatic rings. The first-order chi connectivity index (χ1) is 9.70. The van der Waals surface area contributed by atoms with Crippen molar-refractivity contribution in [2.75, 3.05) is 19.8 Å². The lowest BCUT2D eigenvalue weighted by atomic mass is 10.0. The molecule has 0 saturated carbocycles. The van der Waals surface area contributed by atoms with Gasteiger partial charge in [-0.1, -0.05) is 0 Å². The summed E-state index contributed by atoms with van der Waals surface area (Å²) in [4.78, 5) is 11.9. The molecule has 2 heterocycles. The first kappa shape index (κ1) is 16.0. The van der Waals surface area contributed by atoms with Gasteiger partial charge in [-0.3, -0.25) is 0 Å². The highest BCUT2D eigenvalue weighted by atomic mass is 32.2. The van der Waals surface area contributed by atoms with E-state index in [2.05, 4.69) is 4.72 Å². The van der Waals surface area contributed by atoms with Gasteiger partial charge in [-0.15, -0.1) is 0 Å². The van der Waals surface area contributed by atoms with Crippen molar-refractivity contribution in [2.24, 2.45) is 7.05 Å². The van der Waals surface area contributed by atoms with Crippen molar-refractivity contribution < 1.29 is 22.7 Å². The number of ether oxygens (including phenoxy) is 2. The molecule has 7 nitrogen and oxygen atoms in total. The molecule has 1 aromatic heterocycles. The number of nitrogens with one attached hydrogen (secondary N) is 1. The van der Waals surface area contributed by atoms with Crippen molar-refractivity contribution in [3.63, 3.8) is 0 Å². The number of rotatable bonds is 5. The van der Waals surface area contributed by atoms with E-state index in [1.165, 1.54) is 10.6 Å². The fourth-order valence-corrected chi connectivity index (χ4v) is 3.86. The van der Waals surface area contributed by atoms with E-state index in [9.17, 15) is 13.2 Å². The summed E-state index contributed by atoms with van der Waals surface area (Å²) in [6.45, 7) is 6.03. The molecule has 0 radical (unpaired) electrons. The Morgan fingerprint density at radius 1 is 1.52 bits per heavy atom. The minimum atomic E-state index is -3.72. The molecule has 8 heteroatoms. The van der Waals surface area contributed by atoms with Crippen LogP contribution in [0.3, 0.4) is 0 Å². The Kier molecular flexibility index (Phi) is 4.14. The summed E-state index contributed by atoms with van der Waals surface area (Å²) < 4.78 is 39.1. The Labute approximate surface area is 124 Å². The summed E-state index contributed by atoms with van der Waals surface area (Å²) >= 11 is 0. The zero-order chi connectivity index (χ0) is 15.8. The van der Waals surface area contributed by atoms with Gasteiger partial charge in [0.1, 0.15) is 10.6 Å². The van der Waals surface area contributed by atoms with Gasteiger partial charge >= 0.3 is 5.97 Å². The molecule has 0 unspecified atom stereocenters. The van der Waals surface area contributed by atoms with E-state index in [0.717, 1.165) is 0 Å². The van der Waals surface area contributed by atoms with E-state index in [1.54, 1.807) is 27.8 Å². The number of hydrogen-bond acceptors (Lipinski definition) is 5. The van der Waals surface area contributed by atoms with E-state index >= 15 is 0 Å². The predicted octanol–water partition coefficient (Wildman–Crippen LogP) is 0.577. The van der Waals surface area contributed by atoms with Crippen LogP contribution in [-0.2, 0) is 26.5 Å². The van der Waals surface area contributed by atoms with Gasteiger partial charge < -0.3 is 14.0 Å². The lowest BCUT2D eigenvalue weighted by Gasteiger charge is -2.38. The van der Waals surface area contributed by atoms with Crippen molar-refractivity contribution in [1.29, 1.82) is 0 Å². The molecule has 1 aliphatic heterocycles. The fraction of sp³-hybridized carbons (Fsp3) is 0.615. The van der Waals surface area contributed by atoms with Crippen LogP contribution >= 0.6 is 0 Å². The summed E-state index contributed by atoms with van der Waals surface area (Å²) in [5.74, 6) is -0.539. The topological polar surface area (TPSA) is 86.6 Å². The molecular weight excluding hydrogens is 296 g/mol. The number of hydrogen-bond donors (Lipinski definition) is 1. The van der Waals surface area contributed by atoms with Gasteiger partial charge in [0.15, 0.2) is 0 Å². The van der Waals surface area contributed by atoms with Gasteiger partial charge in [-0.05, 0) is 26.8 Å². The van der Waals surface area contributed by atoms with Crippen LogP contribution in [0, 0.1) is 6.92 Å². The smallest absolute Gasteiger partial charge is 0.354 e. The van der Waals surface area contributed by atoms with E-state index in [4.69, 9.17) is 9.47 Å². The van der Waals surface area contributed by atoms with Crippen molar-refractivity contribution in [1.82, 2.24) is 9.29 Å². The average Bonchev–Trinajstić information content (AvgIpc) is 2.65. The van der Waals surface area contributed by atoms with E-state index in [0.29, 0.717) is 18.9 Å². The van der Waals surface area contributed by atoms with E-state index in [-0.39, 0.29) is 17.2 Å². The van der Waals surface area contributed by atoms with Gasteiger partial charge in [0.05, 0.1) is 25.4 Å². The molecule has 1 saturated heterocycles. The Hall–Kier alpha value is -1.38. The van der Waals surface area contributed by atoms with Crippen LogP contribution < -0.4 is 4.72 Å². The SMILES string of the molecule is CCOC(=O)c1cc(S(=O)(=O)NC2(C)COC2)c(C)n1C. The minimum Gasteiger partial charge on any atom is -0.461 e. The second-order valence-electron chi connectivity index (χ2n) is 5.42. The third-order valence-corrected chi connectivity index (χ3v) is 5.24. The zero-order valence-corrected chi connectivity index (χ0v) is 13.4. The number of esters is 1. The minimum absolute atomic E-state index is 0.0844. The number of nitrogens with zero attached hydrogens (tertiary/aromatic N) is 1. The third-order valence-electron chi connectivity index (χ3n) is 3.48. The van der Waals surface area contributed by atoms with Crippen molar-refractivity contribution in [3.8, 4) is 0 Å². The maximum atomic E-state index is 12.5. The molecule has 0 spiro atoms. The molecule has 0 aliphatic carbocycles. The van der Waals surface area contributed by atoms with Crippen LogP contribution in [0.2, 0.25) is 0 Å². The van der Waals surface area contributed by atoms with E-state index < -0.39 is 21.5 Å². The Morgan fingerprint density at radius 2 is 2.14 bits per heavy atom.